The highest BCUT2D eigenvalue weighted by Gasteiger charge is 2.55. The van der Waals surface area contributed by atoms with Crippen LogP contribution in [0.5, 0.6) is 0 Å². The molecule has 1 amide bonds. The van der Waals surface area contributed by atoms with Gasteiger partial charge in [0.15, 0.2) is 0 Å². The molecule has 2 atom stereocenters. The van der Waals surface area contributed by atoms with Gasteiger partial charge in [0.2, 0.25) is 5.78 Å². The molecule has 1 aromatic carbocycles. The Hall–Kier alpha value is -2.18. The standard InChI is InChI=1S/C15H14N2O4/c1-7-8(2)21-15(20-7)14(19)16-11-9-5-3-4-6-10(9)13(18)12(11)17-15/h3-8,17H,1-2H3,(H,16,19). The molecule has 1 fully saturated rings. The SMILES string of the molecule is CC1OC2(NC3=C(NC2=O)c2ccccc2C3=O)OC1C. The highest BCUT2D eigenvalue weighted by molar-refractivity contribution is 6.22. The fourth-order valence-corrected chi connectivity index (χ4v) is 2.86. The van der Waals surface area contributed by atoms with Gasteiger partial charge in [0, 0.05) is 11.1 Å². The number of hydrogen-bond donors (Lipinski definition) is 2. The molecule has 2 unspecified atom stereocenters. The van der Waals surface area contributed by atoms with Crippen LogP contribution in [0.4, 0.5) is 0 Å². The van der Waals surface area contributed by atoms with E-state index in [1.165, 1.54) is 0 Å². The van der Waals surface area contributed by atoms with Crippen molar-refractivity contribution in [3.63, 3.8) is 0 Å². The molecule has 1 aromatic rings. The number of carbonyl (C=O) groups excluding carboxylic acids is 2. The first-order chi connectivity index (χ1) is 10.0. The van der Waals surface area contributed by atoms with Crippen LogP contribution in [-0.4, -0.2) is 29.8 Å². The Morgan fingerprint density at radius 1 is 1.00 bits per heavy atom. The average molecular weight is 286 g/mol. The molecule has 2 aliphatic heterocycles. The molecule has 1 saturated heterocycles. The lowest BCUT2D eigenvalue weighted by molar-refractivity contribution is -0.200. The predicted molar refractivity (Wildman–Crippen MR) is 72.8 cm³/mol. The molecular formula is C15H14N2O4. The second kappa shape index (κ2) is 3.93. The normalized spacial score (nSPS) is 33.8. The fourth-order valence-electron chi connectivity index (χ4n) is 2.86. The molecule has 0 bridgehead atoms. The molecule has 0 saturated carbocycles. The van der Waals surface area contributed by atoms with E-state index in [2.05, 4.69) is 10.6 Å². The summed E-state index contributed by atoms with van der Waals surface area (Å²) in [7, 11) is 0. The van der Waals surface area contributed by atoms with Crippen LogP contribution < -0.4 is 10.6 Å². The number of fused-ring (bicyclic) bond motifs is 2. The molecule has 21 heavy (non-hydrogen) atoms. The molecule has 6 nitrogen and oxygen atoms in total. The van der Waals surface area contributed by atoms with Crippen molar-refractivity contribution < 1.29 is 19.1 Å². The van der Waals surface area contributed by atoms with Gasteiger partial charge in [-0.1, -0.05) is 24.3 Å². The van der Waals surface area contributed by atoms with Gasteiger partial charge in [-0.05, 0) is 13.8 Å². The Labute approximate surface area is 121 Å². The highest BCUT2D eigenvalue weighted by atomic mass is 16.8. The van der Waals surface area contributed by atoms with Crippen molar-refractivity contribution in [1.82, 2.24) is 10.6 Å². The number of amides is 1. The number of hydrogen-bond acceptors (Lipinski definition) is 5. The number of rotatable bonds is 0. The van der Waals surface area contributed by atoms with E-state index in [9.17, 15) is 9.59 Å². The number of ketones is 1. The average Bonchev–Trinajstić information content (AvgIpc) is 2.90. The minimum absolute atomic E-state index is 0.167. The Kier molecular flexibility index (Phi) is 2.35. The van der Waals surface area contributed by atoms with Gasteiger partial charge >= 0.3 is 11.8 Å². The summed E-state index contributed by atoms with van der Waals surface area (Å²) in [5.41, 5.74) is 2.08. The zero-order valence-electron chi connectivity index (χ0n) is 11.6. The first kappa shape index (κ1) is 12.6. The molecule has 108 valence electrons. The quantitative estimate of drug-likeness (QED) is 0.736. The van der Waals surface area contributed by atoms with Gasteiger partial charge in [0.25, 0.3) is 0 Å². The molecule has 1 aliphatic carbocycles. The van der Waals surface area contributed by atoms with E-state index in [0.717, 1.165) is 0 Å². The second-order valence-corrected chi connectivity index (χ2v) is 5.47. The van der Waals surface area contributed by atoms with Crippen LogP contribution in [0.1, 0.15) is 29.8 Å². The lowest BCUT2D eigenvalue weighted by Gasteiger charge is -2.32. The monoisotopic (exact) mass is 286 g/mol. The summed E-state index contributed by atoms with van der Waals surface area (Å²) in [5.74, 6) is -2.23. The molecule has 2 N–H and O–H groups in total. The zero-order valence-corrected chi connectivity index (χ0v) is 11.6. The van der Waals surface area contributed by atoms with Gasteiger partial charge in [-0.15, -0.1) is 0 Å². The number of Topliss-reactive ketones (excluding diaryl/α,β-unsaturated/α-hetero) is 1. The van der Waals surface area contributed by atoms with Gasteiger partial charge in [-0.25, -0.2) is 0 Å². The van der Waals surface area contributed by atoms with Crippen molar-refractivity contribution in [2.24, 2.45) is 0 Å². The molecule has 6 heteroatoms. The molecular weight excluding hydrogens is 272 g/mol. The van der Waals surface area contributed by atoms with Gasteiger partial charge in [-0.3, -0.25) is 9.59 Å². The third-order valence-corrected chi connectivity index (χ3v) is 4.11. The van der Waals surface area contributed by atoms with Crippen molar-refractivity contribution >= 4 is 17.4 Å². The van der Waals surface area contributed by atoms with Crippen molar-refractivity contribution in [2.45, 2.75) is 32.0 Å². The zero-order chi connectivity index (χ0) is 14.8. The second-order valence-electron chi connectivity index (χ2n) is 5.47. The maximum Gasteiger partial charge on any atom is 0.334 e. The van der Waals surface area contributed by atoms with Crippen molar-refractivity contribution in [3.8, 4) is 0 Å². The maximum absolute atomic E-state index is 12.5. The molecule has 2 heterocycles. The van der Waals surface area contributed by atoms with E-state index < -0.39 is 11.8 Å². The van der Waals surface area contributed by atoms with Gasteiger partial charge < -0.3 is 20.1 Å². The summed E-state index contributed by atoms with van der Waals surface area (Å²) in [6.07, 6.45) is -0.492. The molecule has 4 rings (SSSR count). The van der Waals surface area contributed by atoms with Crippen LogP contribution >= 0.6 is 0 Å². The minimum atomic E-state index is -1.62. The summed E-state index contributed by atoms with van der Waals surface area (Å²) < 4.78 is 11.3. The first-order valence-corrected chi connectivity index (χ1v) is 6.85. The Balaban J connectivity index is 1.78. The predicted octanol–water partition coefficient (Wildman–Crippen LogP) is 0.748. The Bertz CT molecular complexity index is 699. The van der Waals surface area contributed by atoms with Crippen LogP contribution in [0, 0.1) is 0 Å². The summed E-state index contributed by atoms with van der Waals surface area (Å²) in [4.78, 5) is 24.9. The molecule has 1 spiro atoms. The van der Waals surface area contributed by atoms with E-state index >= 15 is 0 Å². The van der Waals surface area contributed by atoms with Crippen LogP contribution in [0.25, 0.3) is 5.70 Å². The molecule has 0 radical (unpaired) electrons. The third-order valence-electron chi connectivity index (χ3n) is 4.11. The number of carbonyl (C=O) groups is 2. The van der Waals surface area contributed by atoms with Crippen molar-refractivity contribution in [2.75, 3.05) is 0 Å². The van der Waals surface area contributed by atoms with Gasteiger partial charge in [0.1, 0.15) is 5.70 Å². The Morgan fingerprint density at radius 2 is 1.62 bits per heavy atom. The van der Waals surface area contributed by atoms with E-state index in [4.69, 9.17) is 9.47 Å². The van der Waals surface area contributed by atoms with Gasteiger partial charge in [0.05, 0.1) is 17.9 Å². The van der Waals surface area contributed by atoms with Crippen molar-refractivity contribution in [1.29, 1.82) is 0 Å². The van der Waals surface area contributed by atoms with E-state index in [-0.39, 0.29) is 18.0 Å². The van der Waals surface area contributed by atoms with E-state index in [0.29, 0.717) is 22.5 Å². The lowest BCUT2D eigenvalue weighted by Crippen LogP contribution is -2.61. The van der Waals surface area contributed by atoms with Crippen LogP contribution in [0.15, 0.2) is 30.0 Å². The first-order valence-electron chi connectivity index (χ1n) is 6.85. The van der Waals surface area contributed by atoms with E-state index in [1.54, 1.807) is 18.2 Å². The van der Waals surface area contributed by atoms with Crippen LogP contribution in [-0.2, 0) is 14.3 Å². The smallest absolute Gasteiger partial charge is 0.321 e. The van der Waals surface area contributed by atoms with E-state index in [1.807, 2.05) is 19.9 Å². The Morgan fingerprint density at radius 3 is 2.29 bits per heavy atom. The minimum Gasteiger partial charge on any atom is -0.321 e. The number of allylic oxidation sites excluding steroid dienone is 1. The number of ether oxygens (including phenoxy) is 2. The van der Waals surface area contributed by atoms with Crippen LogP contribution in [0.3, 0.4) is 0 Å². The topological polar surface area (TPSA) is 76.7 Å². The fraction of sp³-hybridized carbons (Fsp3) is 0.333. The number of benzene rings is 1. The maximum atomic E-state index is 12.5. The molecule has 0 aromatic heterocycles. The number of nitrogens with one attached hydrogen (secondary N) is 2. The molecule has 3 aliphatic rings. The lowest BCUT2D eigenvalue weighted by atomic mass is 10.1. The van der Waals surface area contributed by atoms with Crippen LogP contribution in [0.2, 0.25) is 0 Å². The third kappa shape index (κ3) is 1.54. The largest absolute Gasteiger partial charge is 0.334 e. The summed E-state index contributed by atoms with van der Waals surface area (Å²) in [6, 6.07) is 7.15. The van der Waals surface area contributed by atoms with Gasteiger partial charge in [-0.2, -0.15) is 0 Å². The van der Waals surface area contributed by atoms with Crippen molar-refractivity contribution in [3.05, 3.63) is 41.1 Å². The summed E-state index contributed by atoms with van der Waals surface area (Å²) in [5, 5.41) is 5.62. The highest BCUT2D eigenvalue weighted by Crippen LogP contribution is 2.37. The summed E-state index contributed by atoms with van der Waals surface area (Å²) in [6.45, 7) is 3.65. The summed E-state index contributed by atoms with van der Waals surface area (Å²) >= 11 is 0.